The molecule has 2 unspecified atom stereocenters. The Labute approximate surface area is 222 Å². The number of benzene rings is 2. The van der Waals surface area contributed by atoms with Crippen LogP contribution in [0.5, 0.6) is 0 Å². The first-order valence-corrected chi connectivity index (χ1v) is 12.0. The van der Waals surface area contributed by atoms with E-state index in [1.165, 1.54) is 41.3 Å². The van der Waals surface area contributed by atoms with Crippen molar-refractivity contribution in [2.75, 3.05) is 0 Å². The van der Waals surface area contributed by atoms with E-state index in [0.717, 1.165) is 4.68 Å². The Kier molecular flexibility index (Phi) is 6.99. The third-order valence-corrected chi connectivity index (χ3v) is 6.27. The SMILES string of the molecule is O=C(NC1CC1F)c1ccccc1-n1cnc(Cn2nc(-c3ccc(Cl)cc3)n(C[C@H](O)C(F)(F)F)c2=O)n1. The zero-order valence-electron chi connectivity index (χ0n) is 19.9. The fraction of sp³-hybridized carbons (Fsp3) is 0.292. The van der Waals surface area contributed by atoms with Gasteiger partial charge in [-0.1, -0.05) is 23.7 Å². The molecule has 0 bridgehead atoms. The molecule has 0 radical (unpaired) electrons. The molecule has 2 N–H and O–H groups in total. The lowest BCUT2D eigenvalue weighted by molar-refractivity contribution is -0.207. The van der Waals surface area contributed by atoms with Crippen molar-refractivity contribution in [1.82, 2.24) is 34.4 Å². The zero-order valence-corrected chi connectivity index (χ0v) is 20.6. The first kappa shape index (κ1) is 26.6. The monoisotopic (exact) mass is 565 g/mol. The van der Waals surface area contributed by atoms with E-state index in [1.54, 1.807) is 18.2 Å². The van der Waals surface area contributed by atoms with Gasteiger partial charge in [0.2, 0.25) is 0 Å². The summed E-state index contributed by atoms with van der Waals surface area (Å²) < 4.78 is 55.4. The highest BCUT2D eigenvalue weighted by Gasteiger charge is 2.40. The average Bonchev–Trinajstić information content (AvgIpc) is 3.26. The predicted octanol–water partition coefficient (Wildman–Crippen LogP) is 2.76. The minimum atomic E-state index is -4.95. The molecule has 39 heavy (non-hydrogen) atoms. The second-order valence-electron chi connectivity index (χ2n) is 8.89. The van der Waals surface area contributed by atoms with Crippen molar-refractivity contribution in [3.63, 3.8) is 0 Å². The average molecular weight is 566 g/mol. The summed E-state index contributed by atoms with van der Waals surface area (Å²) in [6.07, 6.45) is -7.29. The topological polar surface area (TPSA) is 120 Å². The number of alkyl halides is 4. The molecule has 0 saturated heterocycles. The number of aliphatic hydroxyl groups excluding tert-OH is 1. The van der Waals surface area contributed by atoms with Crippen LogP contribution in [0, 0.1) is 0 Å². The van der Waals surface area contributed by atoms with Crippen LogP contribution >= 0.6 is 11.6 Å². The van der Waals surface area contributed by atoms with Crippen LogP contribution in [0.2, 0.25) is 5.02 Å². The normalized spacial score (nSPS) is 17.7. The third-order valence-electron chi connectivity index (χ3n) is 6.01. The van der Waals surface area contributed by atoms with Gasteiger partial charge in [0.15, 0.2) is 17.8 Å². The Hall–Kier alpha value is -4.04. The molecule has 5 rings (SSSR count). The number of rotatable bonds is 8. The first-order valence-electron chi connectivity index (χ1n) is 11.6. The molecule has 10 nitrogen and oxygen atoms in total. The van der Waals surface area contributed by atoms with E-state index >= 15 is 0 Å². The van der Waals surface area contributed by atoms with Crippen LogP contribution in [-0.2, 0) is 13.1 Å². The van der Waals surface area contributed by atoms with Gasteiger partial charge >= 0.3 is 11.9 Å². The third kappa shape index (κ3) is 5.71. The summed E-state index contributed by atoms with van der Waals surface area (Å²) in [5.41, 5.74) is -0.0580. The number of amides is 1. The molecule has 1 fully saturated rings. The minimum Gasteiger partial charge on any atom is -0.382 e. The van der Waals surface area contributed by atoms with Gasteiger partial charge in [0.1, 0.15) is 19.0 Å². The molecule has 0 spiro atoms. The molecule has 2 aromatic heterocycles. The smallest absolute Gasteiger partial charge is 0.382 e. The summed E-state index contributed by atoms with van der Waals surface area (Å²) >= 11 is 5.90. The van der Waals surface area contributed by atoms with Crippen molar-refractivity contribution in [1.29, 1.82) is 0 Å². The van der Waals surface area contributed by atoms with Gasteiger partial charge in [0.05, 0.1) is 23.8 Å². The predicted molar refractivity (Wildman–Crippen MR) is 130 cm³/mol. The fourth-order valence-corrected chi connectivity index (χ4v) is 3.97. The van der Waals surface area contributed by atoms with Crippen LogP contribution in [0.15, 0.2) is 59.7 Å². The number of carbonyl (C=O) groups is 1. The van der Waals surface area contributed by atoms with Crippen molar-refractivity contribution < 1.29 is 27.5 Å². The molecule has 1 saturated carbocycles. The van der Waals surface area contributed by atoms with Gasteiger partial charge in [-0.2, -0.15) is 13.2 Å². The minimum absolute atomic E-state index is 0.0713. The maximum Gasteiger partial charge on any atom is 0.416 e. The molecule has 204 valence electrons. The molecule has 2 aromatic carbocycles. The van der Waals surface area contributed by atoms with Crippen molar-refractivity contribution >= 4 is 17.5 Å². The van der Waals surface area contributed by atoms with Crippen molar-refractivity contribution in [3.8, 4) is 17.1 Å². The van der Waals surface area contributed by atoms with E-state index in [9.17, 15) is 32.3 Å². The number of halogens is 5. The molecule has 3 atom stereocenters. The lowest BCUT2D eigenvalue weighted by Crippen LogP contribution is -2.37. The molecule has 1 amide bonds. The van der Waals surface area contributed by atoms with Crippen LogP contribution in [0.25, 0.3) is 17.1 Å². The van der Waals surface area contributed by atoms with E-state index in [2.05, 4.69) is 20.5 Å². The van der Waals surface area contributed by atoms with E-state index in [1.807, 2.05) is 0 Å². The number of aromatic nitrogens is 6. The second-order valence-corrected chi connectivity index (χ2v) is 9.33. The Morgan fingerprint density at radius 3 is 2.51 bits per heavy atom. The van der Waals surface area contributed by atoms with Crippen LogP contribution < -0.4 is 11.0 Å². The van der Waals surface area contributed by atoms with Gasteiger partial charge in [-0.05, 0) is 36.4 Å². The summed E-state index contributed by atoms with van der Waals surface area (Å²) in [4.78, 5) is 29.8. The Bertz CT molecular complexity index is 1560. The zero-order chi connectivity index (χ0) is 27.9. The van der Waals surface area contributed by atoms with Crippen molar-refractivity contribution in [3.05, 3.63) is 81.8 Å². The lowest BCUT2D eigenvalue weighted by Gasteiger charge is -2.15. The molecule has 1 aliphatic rings. The summed E-state index contributed by atoms with van der Waals surface area (Å²) in [7, 11) is 0. The van der Waals surface area contributed by atoms with E-state index in [-0.39, 0.29) is 30.2 Å². The standard InChI is InChI=1S/C24H20ClF4N7O3/c25-14-7-5-13(6-8-14)21-33-35(23(39)34(21)10-19(37)24(27,28)29)11-20-30-12-36(32-20)18-4-2-1-3-15(18)22(38)31-17-9-16(17)26/h1-8,12,16-17,19,37H,9-11H2,(H,31,38)/t16?,17?,19-/m0/s1. The number of para-hydroxylation sites is 1. The van der Waals surface area contributed by atoms with Gasteiger partial charge in [0, 0.05) is 17.0 Å². The van der Waals surface area contributed by atoms with Gasteiger partial charge < -0.3 is 10.4 Å². The van der Waals surface area contributed by atoms with Gasteiger partial charge in [0.25, 0.3) is 5.91 Å². The van der Waals surface area contributed by atoms with Crippen LogP contribution in [0.1, 0.15) is 22.6 Å². The highest BCUT2D eigenvalue weighted by atomic mass is 35.5. The number of aliphatic hydroxyl groups is 1. The van der Waals surface area contributed by atoms with Gasteiger partial charge in [-0.25, -0.2) is 23.5 Å². The van der Waals surface area contributed by atoms with Crippen LogP contribution in [0.3, 0.4) is 0 Å². The summed E-state index contributed by atoms with van der Waals surface area (Å²) in [6, 6.07) is 11.8. The molecule has 4 aromatic rings. The van der Waals surface area contributed by atoms with Gasteiger partial charge in [-0.15, -0.1) is 10.2 Å². The molecule has 0 aliphatic heterocycles. The van der Waals surface area contributed by atoms with Crippen molar-refractivity contribution in [2.45, 2.75) is 44.0 Å². The highest BCUT2D eigenvalue weighted by Crippen LogP contribution is 2.26. The number of hydrogen-bond donors (Lipinski definition) is 2. The molecular weight excluding hydrogens is 546 g/mol. The van der Waals surface area contributed by atoms with Crippen LogP contribution in [0.4, 0.5) is 17.6 Å². The highest BCUT2D eigenvalue weighted by molar-refractivity contribution is 6.30. The Balaban J connectivity index is 1.44. The van der Waals surface area contributed by atoms with Crippen molar-refractivity contribution in [2.24, 2.45) is 0 Å². The molecular formula is C24H20ClF4N7O3. The quantitative estimate of drug-likeness (QED) is 0.317. The second kappa shape index (κ2) is 10.3. The Morgan fingerprint density at radius 1 is 1.15 bits per heavy atom. The largest absolute Gasteiger partial charge is 0.416 e. The summed E-state index contributed by atoms with van der Waals surface area (Å²) in [5, 5.41) is 21.1. The van der Waals surface area contributed by atoms with E-state index in [4.69, 9.17) is 11.6 Å². The molecule has 15 heteroatoms. The maximum absolute atomic E-state index is 13.2. The number of hydrogen-bond acceptors (Lipinski definition) is 6. The van der Waals surface area contributed by atoms with E-state index in [0.29, 0.717) is 20.8 Å². The van der Waals surface area contributed by atoms with Gasteiger partial charge in [-0.3, -0.25) is 9.36 Å². The first-order chi connectivity index (χ1) is 18.5. The number of carbonyl (C=O) groups excluding carboxylic acids is 1. The molecule has 1 aliphatic carbocycles. The molecule has 2 heterocycles. The van der Waals surface area contributed by atoms with Crippen LogP contribution in [-0.4, -0.2) is 64.6 Å². The Morgan fingerprint density at radius 2 is 1.85 bits per heavy atom. The maximum atomic E-state index is 13.2. The van der Waals surface area contributed by atoms with E-state index < -0.39 is 42.6 Å². The number of nitrogens with zero attached hydrogens (tertiary/aromatic N) is 6. The fourth-order valence-electron chi connectivity index (χ4n) is 3.84. The number of nitrogens with one attached hydrogen (secondary N) is 1. The summed E-state index contributed by atoms with van der Waals surface area (Å²) in [5.74, 6) is -0.534. The summed E-state index contributed by atoms with van der Waals surface area (Å²) in [6.45, 7) is -1.40. The lowest BCUT2D eigenvalue weighted by atomic mass is 10.1.